The van der Waals surface area contributed by atoms with Crippen LogP contribution in [-0.4, -0.2) is 57.1 Å². The molecular weight excluding hydrogens is 376 g/mol. The van der Waals surface area contributed by atoms with E-state index in [0.29, 0.717) is 25.3 Å². The number of aryl methyl sites for hydroxylation is 2. The number of nitrogens with zero attached hydrogens (tertiary/aromatic N) is 2. The first-order valence-corrected chi connectivity index (χ1v) is 10.4. The molecule has 0 radical (unpaired) electrons. The van der Waals surface area contributed by atoms with Crippen LogP contribution in [0.3, 0.4) is 0 Å². The number of hydrogen-bond donors (Lipinski definition) is 2. The highest BCUT2D eigenvalue weighted by Crippen LogP contribution is 2.15. The van der Waals surface area contributed by atoms with Crippen molar-refractivity contribution in [2.45, 2.75) is 27.2 Å². The summed E-state index contributed by atoms with van der Waals surface area (Å²) in [5, 5.41) is 6.56. The highest BCUT2D eigenvalue weighted by molar-refractivity contribution is 5.94. The first-order chi connectivity index (χ1) is 14.4. The Labute approximate surface area is 180 Å². The lowest BCUT2D eigenvalue weighted by Gasteiger charge is -2.13. The van der Waals surface area contributed by atoms with Gasteiger partial charge in [-0.2, -0.15) is 0 Å². The van der Waals surface area contributed by atoms with E-state index in [1.165, 1.54) is 11.1 Å². The lowest BCUT2D eigenvalue weighted by molar-refractivity contribution is 0.0827. The minimum Gasteiger partial charge on any atom is -0.492 e. The van der Waals surface area contributed by atoms with Gasteiger partial charge in [0.05, 0.1) is 6.54 Å². The molecule has 0 spiro atoms. The number of ether oxygens (including phenoxy) is 1. The van der Waals surface area contributed by atoms with Gasteiger partial charge in [0.25, 0.3) is 5.91 Å². The van der Waals surface area contributed by atoms with E-state index in [1.807, 2.05) is 43.3 Å². The molecule has 6 heteroatoms. The van der Waals surface area contributed by atoms with Crippen LogP contribution in [0, 0.1) is 13.8 Å². The molecule has 0 bridgehead atoms. The van der Waals surface area contributed by atoms with Crippen LogP contribution < -0.4 is 15.4 Å². The molecule has 0 aliphatic rings. The number of rotatable bonds is 9. The Kier molecular flexibility index (Phi) is 9.19. The molecule has 0 unspecified atom stereocenters. The molecule has 0 aliphatic carbocycles. The molecule has 30 heavy (non-hydrogen) atoms. The maximum atomic E-state index is 12.1. The van der Waals surface area contributed by atoms with Gasteiger partial charge >= 0.3 is 0 Å². The predicted molar refractivity (Wildman–Crippen MR) is 124 cm³/mol. The summed E-state index contributed by atoms with van der Waals surface area (Å²) in [6.07, 6.45) is 0.768. The fourth-order valence-electron chi connectivity index (χ4n) is 3.11. The fourth-order valence-corrected chi connectivity index (χ4v) is 3.11. The molecule has 2 N–H and O–H groups in total. The largest absolute Gasteiger partial charge is 0.492 e. The lowest BCUT2D eigenvalue weighted by atomic mass is 10.1. The smallest absolute Gasteiger partial charge is 0.253 e. The van der Waals surface area contributed by atoms with Crippen LogP contribution in [0.25, 0.3) is 0 Å². The van der Waals surface area contributed by atoms with Crippen molar-refractivity contribution in [3.63, 3.8) is 0 Å². The Morgan fingerprint density at radius 2 is 1.80 bits per heavy atom. The number of guanidine groups is 1. The van der Waals surface area contributed by atoms with E-state index in [-0.39, 0.29) is 5.91 Å². The first kappa shape index (κ1) is 23.3. The van der Waals surface area contributed by atoms with Crippen LogP contribution >= 0.6 is 0 Å². The Morgan fingerprint density at radius 3 is 2.47 bits per heavy atom. The molecule has 6 nitrogen and oxygen atoms in total. The molecule has 0 aliphatic heterocycles. The van der Waals surface area contributed by atoms with Crippen LogP contribution in [0.1, 0.15) is 34.0 Å². The van der Waals surface area contributed by atoms with Gasteiger partial charge in [-0.25, -0.2) is 0 Å². The maximum absolute atomic E-state index is 12.1. The van der Waals surface area contributed by atoms with Gasteiger partial charge in [-0.15, -0.1) is 0 Å². The molecule has 0 atom stereocenters. The van der Waals surface area contributed by atoms with Crippen molar-refractivity contribution in [2.75, 3.05) is 40.3 Å². The summed E-state index contributed by atoms with van der Waals surface area (Å²) in [5.74, 6) is 1.67. The highest BCUT2D eigenvalue weighted by Gasteiger charge is 2.08. The second-order valence-corrected chi connectivity index (χ2v) is 7.51. The van der Waals surface area contributed by atoms with Crippen molar-refractivity contribution in [1.29, 1.82) is 0 Å². The quantitative estimate of drug-likeness (QED) is 0.379. The summed E-state index contributed by atoms with van der Waals surface area (Å²) in [5.41, 5.74) is 4.20. The number of benzene rings is 2. The normalized spacial score (nSPS) is 11.2. The Hall–Kier alpha value is -3.02. The van der Waals surface area contributed by atoms with E-state index in [9.17, 15) is 4.79 Å². The Bertz CT molecular complexity index is 842. The number of hydrogen-bond acceptors (Lipinski definition) is 3. The van der Waals surface area contributed by atoms with Crippen molar-refractivity contribution in [3.8, 4) is 5.75 Å². The van der Waals surface area contributed by atoms with E-state index >= 15 is 0 Å². The summed E-state index contributed by atoms with van der Waals surface area (Å²) in [4.78, 5) is 18.3. The van der Waals surface area contributed by atoms with E-state index in [1.54, 1.807) is 19.0 Å². The summed E-state index contributed by atoms with van der Waals surface area (Å²) in [7, 11) is 3.52. The van der Waals surface area contributed by atoms with Crippen molar-refractivity contribution in [1.82, 2.24) is 15.5 Å². The van der Waals surface area contributed by atoms with Gasteiger partial charge in [0, 0.05) is 32.7 Å². The molecule has 0 saturated heterocycles. The van der Waals surface area contributed by atoms with Gasteiger partial charge in [0.1, 0.15) is 12.4 Å². The number of aliphatic imine (C=N–C) groups is 1. The molecular formula is C24H34N4O2. The average Bonchev–Trinajstić information content (AvgIpc) is 2.70. The first-order valence-electron chi connectivity index (χ1n) is 10.4. The van der Waals surface area contributed by atoms with E-state index in [2.05, 4.69) is 35.5 Å². The molecule has 1 amide bonds. The molecule has 0 aromatic heterocycles. The molecule has 2 aromatic rings. The SMILES string of the molecule is CCNC(=NCCc1cccc(C(=O)N(C)C)c1)NCCOc1cc(C)cc(C)c1. The lowest BCUT2D eigenvalue weighted by Crippen LogP contribution is -2.39. The van der Waals surface area contributed by atoms with Crippen LogP contribution in [0.5, 0.6) is 5.75 Å². The zero-order valence-corrected chi connectivity index (χ0v) is 18.8. The van der Waals surface area contributed by atoms with Crippen molar-refractivity contribution in [2.24, 2.45) is 4.99 Å². The maximum Gasteiger partial charge on any atom is 0.253 e. The van der Waals surface area contributed by atoms with Gasteiger partial charge in [-0.3, -0.25) is 9.79 Å². The van der Waals surface area contributed by atoms with E-state index in [0.717, 1.165) is 30.2 Å². The molecule has 162 valence electrons. The second-order valence-electron chi connectivity index (χ2n) is 7.51. The Morgan fingerprint density at radius 1 is 1.07 bits per heavy atom. The van der Waals surface area contributed by atoms with Crippen LogP contribution in [0.4, 0.5) is 0 Å². The van der Waals surface area contributed by atoms with Gasteiger partial charge in [0.15, 0.2) is 5.96 Å². The van der Waals surface area contributed by atoms with Crippen LogP contribution in [0.15, 0.2) is 47.5 Å². The molecule has 2 rings (SSSR count). The zero-order chi connectivity index (χ0) is 21.9. The third-order valence-corrected chi connectivity index (χ3v) is 4.45. The van der Waals surface area contributed by atoms with Crippen LogP contribution in [0.2, 0.25) is 0 Å². The average molecular weight is 411 g/mol. The van der Waals surface area contributed by atoms with Gasteiger partial charge in [-0.05, 0) is 68.1 Å². The van der Waals surface area contributed by atoms with Gasteiger partial charge in [-0.1, -0.05) is 18.2 Å². The summed E-state index contributed by atoms with van der Waals surface area (Å²) in [6.45, 7) is 8.82. The number of carbonyl (C=O) groups excluding carboxylic acids is 1. The second kappa shape index (κ2) is 11.9. The number of amides is 1. The zero-order valence-electron chi connectivity index (χ0n) is 18.8. The van der Waals surface area contributed by atoms with Crippen molar-refractivity contribution >= 4 is 11.9 Å². The summed E-state index contributed by atoms with van der Waals surface area (Å²) in [6, 6.07) is 14.0. The standard InChI is InChI=1S/C24H34N4O2/c1-6-25-24(27-12-13-30-22-15-18(2)14-19(3)16-22)26-11-10-20-8-7-9-21(17-20)23(29)28(4)5/h7-9,14-17H,6,10-13H2,1-5H3,(H2,25,26,27). The molecule has 0 fully saturated rings. The minimum atomic E-state index is 0.0131. The molecule has 2 aromatic carbocycles. The van der Waals surface area contributed by atoms with Crippen LogP contribution in [-0.2, 0) is 6.42 Å². The highest BCUT2D eigenvalue weighted by atomic mass is 16.5. The van der Waals surface area contributed by atoms with E-state index in [4.69, 9.17) is 4.74 Å². The van der Waals surface area contributed by atoms with Crippen molar-refractivity contribution < 1.29 is 9.53 Å². The van der Waals surface area contributed by atoms with Crippen molar-refractivity contribution in [3.05, 3.63) is 64.7 Å². The van der Waals surface area contributed by atoms with E-state index < -0.39 is 0 Å². The molecule has 0 heterocycles. The molecule has 0 saturated carbocycles. The topological polar surface area (TPSA) is 66.0 Å². The third-order valence-electron chi connectivity index (χ3n) is 4.45. The minimum absolute atomic E-state index is 0.0131. The summed E-state index contributed by atoms with van der Waals surface area (Å²) < 4.78 is 5.84. The third kappa shape index (κ3) is 7.78. The van der Waals surface area contributed by atoms with Gasteiger partial charge < -0.3 is 20.3 Å². The predicted octanol–water partition coefficient (Wildman–Crippen LogP) is 3.18. The number of carbonyl (C=O) groups is 1. The summed E-state index contributed by atoms with van der Waals surface area (Å²) >= 11 is 0. The van der Waals surface area contributed by atoms with Gasteiger partial charge in [0.2, 0.25) is 0 Å². The number of nitrogens with one attached hydrogen (secondary N) is 2. The Balaban J connectivity index is 1.84. The fraction of sp³-hybridized carbons (Fsp3) is 0.417. The monoisotopic (exact) mass is 410 g/mol.